The second-order valence-electron chi connectivity index (χ2n) is 5.25. The zero-order valence-corrected chi connectivity index (χ0v) is 11.6. The largest absolute Gasteiger partial charge is 0.316 e. The van der Waals surface area contributed by atoms with E-state index in [1.54, 1.807) is 0 Å². The molecule has 1 aliphatic carbocycles. The second kappa shape index (κ2) is 9.30. The summed E-state index contributed by atoms with van der Waals surface area (Å²) in [5, 5.41) is 4.04. The van der Waals surface area contributed by atoms with Gasteiger partial charge in [0.1, 0.15) is 0 Å². The number of nitrogens with one attached hydrogen (secondary N) is 1. The molecule has 0 heterocycles. The Hall–Kier alpha value is 0.250. The lowest BCUT2D eigenvalue weighted by Gasteiger charge is -2.10. The lowest BCUT2D eigenvalue weighted by molar-refractivity contribution is 0.478. The Labute approximate surface area is 106 Å². The predicted octanol–water partition coefficient (Wildman–Crippen LogP) is 4.34. The van der Waals surface area contributed by atoms with Crippen LogP contribution < -0.4 is 5.32 Å². The Balaban J connectivity index is 1.78. The summed E-state index contributed by atoms with van der Waals surface area (Å²) in [5.74, 6) is 0.850. The molecule has 0 aliphatic heterocycles. The van der Waals surface area contributed by atoms with Crippen LogP contribution in [0.2, 0.25) is 0 Å². The standard InChI is InChI=1S/C14H28ClN/c1-2-3-4-5-6-7-10-16-12-13-8-9-14(15)11-13/h13-14,16H,2-12H2,1H3. The first-order valence-corrected chi connectivity index (χ1v) is 7.61. The molecule has 16 heavy (non-hydrogen) atoms. The summed E-state index contributed by atoms with van der Waals surface area (Å²) in [5.41, 5.74) is 0. The van der Waals surface area contributed by atoms with Crippen molar-refractivity contribution in [3.8, 4) is 0 Å². The Morgan fingerprint density at radius 2 is 1.81 bits per heavy atom. The molecule has 0 amide bonds. The molecule has 1 aliphatic rings. The second-order valence-corrected chi connectivity index (χ2v) is 5.87. The number of unbranched alkanes of at least 4 members (excludes halogenated alkanes) is 5. The van der Waals surface area contributed by atoms with Crippen LogP contribution in [-0.4, -0.2) is 18.5 Å². The number of halogens is 1. The molecule has 1 N–H and O–H groups in total. The van der Waals surface area contributed by atoms with E-state index in [2.05, 4.69) is 12.2 Å². The highest BCUT2D eigenvalue weighted by Gasteiger charge is 2.21. The Kier molecular flexibility index (Phi) is 8.32. The summed E-state index contributed by atoms with van der Waals surface area (Å²) < 4.78 is 0. The van der Waals surface area contributed by atoms with Crippen LogP contribution in [0.15, 0.2) is 0 Å². The van der Waals surface area contributed by atoms with Crippen molar-refractivity contribution in [1.82, 2.24) is 5.32 Å². The average Bonchev–Trinajstić information content (AvgIpc) is 2.68. The monoisotopic (exact) mass is 245 g/mol. The molecule has 1 fully saturated rings. The molecular weight excluding hydrogens is 218 g/mol. The fraction of sp³-hybridized carbons (Fsp3) is 1.00. The van der Waals surface area contributed by atoms with Crippen molar-refractivity contribution in [2.24, 2.45) is 5.92 Å². The number of rotatable bonds is 9. The molecule has 0 bridgehead atoms. The topological polar surface area (TPSA) is 12.0 Å². The first kappa shape index (κ1) is 14.3. The quantitative estimate of drug-likeness (QED) is 0.471. The predicted molar refractivity (Wildman–Crippen MR) is 73.2 cm³/mol. The smallest absolute Gasteiger partial charge is 0.0339 e. The van der Waals surface area contributed by atoms with Crippen molar-refractivity contribution in [3.05, 3.63) is 0 Å². The van der Waals surface area contributed by atoms with Gasteiger partial charge in [-0.15, -0.1) is 11.6 Å². The van der Waals surface area contributed by atoms with Gasteiger partial charge in [-0.1, -0.05) is 39.0 Å². The van der Waals surface area contributed by atoms with E-state index in [0.717, 1.165) is 5.92 Å². The van der Waals surface area contributed by atoms with Gasteiger partial charge < -0.3 is 5.32 Å². The van der Waals surface area contributed by atoms with Crippen LogP contribution in [0.5, 0.6) is 0 Å². The fourth-order valence-electron chi connectivity index (χ4n) is 2.54. The van der Waals surface area contributed by atoms with Crippen LogP contribution in [0.25, 0.3) is 0 Å². The van der Waals surface area contributed by atoms with Crippen molar-refractivity contribution in [1.29, 1.82) is 0 Å². The molecule has 0 aromatic carbocycles. The number of alkyl halides is 1. The first-order valence-electron chi connectivity index (χ1n) is 7.17. The van der Waals surface area contributed by atoms with Crippen LogP contribution in [0.1, 0.15) is 64.7 Å². The molecule has 2 unspecified atom stereocenters. The molecule has 0 aromatic heterocycles. The van der Waals surface area contributed by atoms with Crippen LogP contribution in [0.4, 0.5) is 0 Å². The van der Waals surface area contributed by atoms with Gasteiger partial charge in [0.05, 0.1) is 0 Å². The molecule has 0 radical (unpaired) electrons. The van der Waals surface area contributed by atoms with Gasteiger partial charge in [-0.3, -0.25) is 0 Å². The SMILES string of the molecule is CCCCCCCCNCC1CCC(Cl)C1. The summed E-state index contributed by atoms with van der Waals surface area (Å²) in [6, 6.07) is 0. The summed E-state index contributed by atoms with van der Waals surface area (Å²) >= 11 is 6.09. The molecule has 1 saturated carbocycles. The Morgan fingerprint density at radius 3 is 2.50 bits per heavy atom. The maximum absolute atomic E-state index is 6.09. The maximum atomic E-state index is 6.09. The molecule has 2 heteroatoms. The van der Waals surface area contributed by atoms with Crippen molar-refractivity contribution < 1.29 is 0 Å². The van der Waals surface area contributed by atoms with E-state index < -0.39 is 0 Å². The van der Waals surface area contributed by atoms with Gasteiger partial charge in [0, 0.05) is 5.38 Å². The Morgan fingerprint density at radius 1 is 1.06 bits per heavy atom. The van der Waals surface area contributed by atoms with E-state index in [1.807, 2.05) is 0 Å². The minimum absolute atomic E-state index is 0.459. The lowest BCUT2D eigenvalue weighted by Crippen LogP contribution is -2.22. The van der Waals surface area contributed by atoms with E-state index in [-0.39, 0.29) is 0 Å². The van der Waals surface area contributed by atoms with Crippen LogP contribution in [0.3, 0.4) is 0 Å². The number of hydrogen-bond acceptors (Lipinski definition) is 1. The molecule has 1 rings (SSSR count). The number of hydrogen-bond donors (Lipinski definition) is 1. The van der Waals surface area contributed by atoms with E-state index in [1.165, 1.54) is 70.9 Å². The van der Waals surface area contributed by atoms with Gasteiger partial charge in [0.2, 0.25) is 0 Å². The third-order valence-electron chi connectivity index (χ3n) is 3.62. The molecule has 2 atom stereocenters. The first-order chi connectivity index (χ1) is 7.83. The summed E-state index contributed by atoms with van der Waals surface area (Å²) in [6.07, 6.45) is 12.1. The zero-order chi connectivity index (χ0) is 11.6. The van der Waals surface area contributed by atoms with Gasteiger partial charge in [-0.05, 0) is 44.7 Å². The van der Waals surface area contributed by atoms with E-state index >= 15 is 0 Å². The van der Waals surface area contributed by atoms with Gasteiger partial charge in [0.15, 0.2) is 0 Å². The maximum Gasteiger partial charge on any atom is 0.0339 e. The van der Waals surface area contributed by atoms with E-state index in [4.69, 9.17) is 11.6 Å². The highest BCUT2D eigenvalue weighted by Crippen LogP contribution is 2.28. The highest BCUT2D eigenvalue weighted by molar-refractivity contribution is 6.20. The molecular formula is C14H28ClN. The minimum atomic E-state index is 0.459. The molecule has 0 spiro atoms. The minimum Gasteiger partial charge on any atom is -0.316 e. The van der Waals surface area contributed by atoms with Crippen molar-refractivity contribution in [2.75, 3.05) is 13.1 Å². The van der Waals surface area contributed by atoms with E-state index in [9.17, 15) is 0 Å². The summed E-state index contributed by atoms with van der Waals surface area (Å²) in [7, 11) is 0. The van der Waals surface area contributed by atoms with Gasteiger partial charge in [0.25, 0.3) is 0 Å². The fourth-order valence-corrected chi connectivity index (χ4v) is 2.91. The van der Waals surface area contributed by atoms with Gasteiger partial charge in [-0.25, -0.2) is 0 Å². The van der Waals surface area contributed by atoms with Crippen molar-refractivity contribution in [2.45, 2.75) is 70.1 Å². The summed E-state index contributed by atoms with van der Waals surface area (Å²) in [6.45, 7) is 4.67. The van der Waals surface area contributed by atoms with E-state index in [0.29, 0.717) is 5.38 Å². The van der Waals surface area contributed by atoms with Crippen LogP contribution >= 0.6 is 11.6 Å². The van der Waals surface area contributed by atoms with Crippen molar-refractivity contribution >= 4 is 11.6 Å². The van der Waals surface area contributed by atoms with Gasteiger partial charge >= 0.3 is 0 Å². The molecule has 0 aromatic rings. The Bertz CT molecular complexity index is 161. The molecule has 96 valence electrons. The third-order valence-corrected chi connectivity index (χ3v) is 4.01. The van der Waals surface area contributed by atoms with Crippen LogP contribution in [0, 0.1) is 5.92 Å². The summed E-state index contributed by atoms with van der Waals surface area (Å²) in [4.78, 5) is 0. The van der Waals surface area contributed by atoms with Crippen LogP contribution in [-0.2, 0) is 0 Å². The molecule has 0 saturated heterocycles. The third kappa shape index (κ3) is 6.75. The lowest BCUT2D eigenvalue weighted by atomic mass is 10.1. The normalized spacial score (nSPS) is 25.1. The van der Waals surface area contributed by atoms with Crippen molar-refractivity contribution in [3.63, 3.8) is 0 Å². The average molecular weight is 246 g/mol. The highest BCUT2D eigenvalue weighted by atomic mass is 35.5. The zero-order valence-electron chi connectivity index (χ0n) is 10.8. The van der Waals surface area contributed by atoms with Gasteiger partial charge in [-0.2, -0.15) is 0 Å². The molecule has 1 nitrogen and oxygen atoms in total.